The van der Waals surface area contributed by atoms with Gasteiger partial charge in [0.25, 0.3) is 0 Å². The van der Waals surface area contributed by atoms with E-state index in [1.165, 1.54) is 0 Å². The van der Waals surface area contributed by atoms with Gasteiger partial charge in [0.1, 0.15) is 6.61 Å². The van der Waals surface area contributed by atoms with Crippen LogP contribution in [0.5, 0.6) is 0 Å². The zero-order chi connectivity index (χ0) is 12.7. The van der Waals surface area contributed by atoms with Crippen LogP contribution < -0.4 is 0 Å². The number of hydrogen-bond donors (Lipinski definition) is 1. The van der Waals surface area contributed by atoms with E-state index in [0.29, 0.717) is 0 Å². The molecule has 0 aromatic heterocycles. The maximum atomic E-state index is 11.4. The molecule has 6 nitrogen and oxygen atoms in total. The van der Waals surface area contributed by atoms with Crippen molar-refractivity contribution in [2.45, 2.75) is 6.61 Å². The van der Waals surface area contributed by atoms with E-state index < -0.39 is 17.6 Å². The highest BCUT2D eigenvalue weighted by atomic mass is 16.6. The van der Waals surface area contributed by atoms with Gasteiger partial charge in [-0.25, -0.2) is 4.79 Å². The second-order valence-electron chi connectivity index (χ2n) is 3.02. The molecular weight excluding hydrogens is 224 g/mol. The van der Waals surface area contributed by atoms with Crippen molar-refractivity contribution >= 4 is 5.97 Å². The van der Waals surface area contributed by atoms with Crippen LogP contribution in [0.1, 0.15) is 5.56 Å². The first-order chi connectivity index (χ1) is 8.19. The fraction of sp³-hybridized carbons (Fsp3) is 0.182. The Morgan fingerprint density at radius 1 is 1.41 bits per heavy atom. The lowest BCUT2D eigenvalue weighted by molar-refractivity contribution is -0.140. The molecule has 0 spiro atoms. The highest BCUT2D eigenvalue weighted by molar-refractivity contribution is 5.90. The van der Waals surface area contributed by atoms with Gasteiger partial charge in [0.05, 0.1) is 7.11 Å². The molecule has 0 atom stereocenters. The van der Waals surface area contributed by atoms with Crippen molar-refractivity contribution in [1.29, 1.82) is 5.39 Å². The minimum absolute atomic E-state index is 0.00961. The van der Waals surface area contributed by atoms with Gasteiger partial charge in [0, 0.05) is 0 Å². The Morgan fingerprint density at radius 3 is 2.59 bits per heavy atom. The van der Waals surface area contributed by atoms with Gasteiger partial charge in [-0.3, -0.25) is 0 Å². The summed E-state index contributed by atoms with van der Waals surface area (Å²) in [6.07, 6.45) is 0. The van der Waals surface area contributed by atoms with Crippen LogP contribution in [0.15, 0.2) is 42.0 Å². The van der Waals surface area contributed by atoms with Crippen molar-refractivity contribution in [3.63, 3.8) is 0 Å². The molecule has 88 valence electrons. The molecule has 1 rings (SSSR count). The molecular formula is C11H11N2O4+. The lowest BCUT2D eigenvalue weighted by Gasteiger charge is -2.00. The predicted octanol–water partition coefficient (Wildman–Crippen LogP) is 1.96. The fourth-order valence-electron chi connectivity index (χ4n) is 1.06. The van der Waals surface area contributed by atoms with Crippen LogP contribution in [0.4, 0.5) is 0 Å². The summed E-state index contributed by atoms with van der Waals surface area (Å²) in [7, 11) is 1.13. The molecule has 0 saturated carbocycles. The number of carbonyl (C=O) groups is 1. The summed E-state index contributed by atoms with van der Waals surface area (Å²) >= 11 is 0. The van der Waals surface area contributed by atoms with Crippen molar-refractivity contribution in [3.8, 4) is 0 Å². The number of carbonyl (C=O) groups excluding carboxylic acids is 1. The number of benzene rings is 1. The fourth-order valence-corrected chi connectivity index (χ4v) is 1.06. The summed E-state index contributed by atoms with van der Waals surface area (Å²) in [4.78, 5) is 14.0. The number of diazo groups is 1. The van der Waals surface area contributed by atoms with E-state index in [-0.39, 0.29) is 6.61 Å². The monoisotopic (exact) mass is 235 g/mol. The van der Waals surface area contributed by atoms with Gasteiger partial charge in [-0.2, -0.15) is 0 Å². The van der Waals surface area contributed by atoms with Gasteiger partial charge >= 0.3 is 17.6 Å². The molecule has 0 heterocycles. The molecule has 6 heteroatoms. The zero-order valence-corrected chi connectivity index (χ0v) is 9.16. The van der Waals surface area contributed by atoms with Gasteiger partial charge in [0.2, 0.25) is 5.39 Å². The molecule has 0 saturated heterocycles. The van der Waals surface area contributed by atoms with Gasteiger partial charge in [-0.15, -0.1) is 0 Å². The molecule has 1 aromatic rings. The largest absolute Gasteiger partial charge is 0.547 e. The zero-order valence-electron chi connectivity index (χ0n) is 9.16. The maximum absolute atomic E-state index is 11.4. The molecule has 0 unspecified atom stereocenters. The van der Waals surface area contributed by atoms with Crippen LogP contribution in [0.3, 0.4) is 0 Å². The van der Waals surface area contributed by atoms with Crippen LogP contribution in [0.2, 0.25) is 0 Å². The molecule has 0 aliphatic heterocycles. The summed E-state index contributed by atoms with van der Waals surface area (Å²) in [6.45, 7) is 0.00961. The summed E-state index contributed by atoms with van der Waals surface area (Å²) in [5.41, 5.74) is 0.0958. The van der Waals surface area contributed by atoms with E-state index >= 15 is 0 Å². The van der Waals surface area contributed by atoms with Gasteiger partial charge in [0.15, 0.2) is 4.98 Å². The molecule has 0 bridgehead atoms. The Balaban J connectivity index is 2.65. The summed E-state index contributed by atoms with van der Waals surface area (Å²) in [6, 6.07) is 8.95. The summed E-state index contributed by atoms with van der Waals surface area (Å²) in [5.74, 6) is -1.78. The number of aliphatic hydroxyl groups excluding tert-OH is 1. The minimum atomic E-state index is -0.976. The smallest absolute Gasteiger partial charge is 0.475 e. The first-order valence-corrected chi connectivity index (χ1v) is 4.72. The van der Waals surface area contributed by atoms with Crippen LogP contribution in [-0.2, 0) is 20.9 Å². The normalized spacial score (nSPS) is 11.1. The first kappa shape index (κ1) is 12.5. The molecule has 0 amide bonds. The average molecular weight is 235 g/mol. The number of esters is 1. The highest BCUT2D eigenvalue weighted by Gasteiger charge is 2.32. The number of aliphatic hydroxyl groups is 1. The third kappa shape index (κ3) is 3.50. The summed E-state index contributed by atoms with van der Waals surface area (Å²) in [5, 5.41) is 17.6. The molecule has 1 N–H and O–H groups in total. The van der Waals surface area contributed by atoms with Gasteiger partial charge in [-0.05, 0) is 5.56 Å². The van der Waals surface area contributed by atoms with Crippen LogP contribution >= 0.6 is 0 Å². The third-order valence-electron chi connectivity index (χ3n) is 1.90. The Morgan fingerprint density at radius 2 is 2.06 bits per heavy atom. The Hall–Kier alpha value is -2.55. The topological polar surface area (TPSA) is 83.9 Å². The van der Waals surface area contributed by atoms with Crippen molar-refractivity contribution < 1.29 is 19.4 Å². The SMILES string of the molecule is CO/C(O)=C(\[N+]#N)C(=O)OCc1ccccc1. The van der Waals surface area contributed by atoms with Crippen molar-refractivity contribution in [1.82, 2.24) is 0 Å². The predicted molar refractivity (Wildman–Crippen MR) is 58.0 cm³/mol. The van der Waals surface area contributed by atoms with Gasteiger partial charge < -0.3 is 14.6 Å². The second kappa shape index (κ2) is 6.12. The Kier molecular flexibility index (Phi) is 4.51. The molecule has 1 aromatic carbocycles. The standard InChI is InChI=1S/C11H10N2O4/c1-16-10(14)9(13-12)11(15)17-7-8-5-3-2-4-6-8/h2-6H,7H2,1H3/p+1. The van der Waals surface area contributed by atoms with E-state index in [1.807, 2.05) is 6.07 Å². The Bertz CT molecular complexity index is 462. The van der Waals surface area contributed by atoms with E-state index in [4.69, 9.17) is 15.2 Å². The van der Waals surface area contributed by atoms with Gasteiger partial charge in [-0.1, -0.05) is 30.3 Å². The lowest BCUT2D eigenvalue weighted by Crippen LogP contribution is -2.08. The quantitative estimate of drug-likeness (QED) is 0.373. The van der Waals surface area contributed by atoms with Crippen LogP contribution in [-0.4, -0.2) is 18.2 Å². The number of hydrogen-bond acceptors (Lipinski definition) is 5. The molecule has 0 radical (unpaired) electrons. The van der Waals surface area contributed by atoms with E-state index in [0.717, 1.165) is 12.7 Å². The molecule has 0 fully saturated rings. The second-order valence-corrected chi connectivity index (χ2v) is 3.02. The average Bonchev–Trinajstić information content (AvgIpc) is 2.38. The lowest BCUT2D eigenvalue weighted by atomic mass is 10.2. The first-order valence-electron chi connectivity index (χ1n) is 4.72. The summed E-state index contributed by atoms with van der Waals surface area (Å²) < 4.78 is 9.17. The molecule has 17 heavy (non-hydrogen) atoms. The molecule has 0 aliphatic carbocycles. The van der Waals surface area contributed by atoms with E-state index in [2.05, 4.69) is 9.71 Å². The maximum Gasteiger partial charge on any atom is 0.547 e. The number of nitrogens with zero attached hydrogens (tertiary/aromatic N) is 2. The third-order valence-corrected chi connectivity index (χ3v) is 1.90. The number of ether oxygens (including phenoxy) is 2. The Labute approximate surface area is 97.7 Å². The molecule has 0 aliphatic rings. The number of methoxy groups -OCH3 is 1. The minimum Gasteiger partial charge on any atom is -0.475 e. The van der Waals surface area contributed by atoms with Crippen LogP contribution in [0, 0.1) is 5.39 Å². The highest BCUT2D eigenvalue weighted by Crippen LogP contribution is 2.09. The van der Waals surface area contributed by atoms with Crippen LogP contribution in [0.25, 0.3) is 4.98 Å². The van der Waals surface area contributed by atoms with Crippen molar-refractivity contribution in [2.24, 2.45) is 0 Å². The number of rotatable bonds is 4. The van der Waals surface area contributed by atoms with Crippen molar-refractivity contribution in [2.75, 3.05) is 7.11 Å². The van der Waals surface area contributed by atoms with Crippen molar-refractivity contribution in [3.05, 3.63) is 52.5 Å². The van der Waals surface area contributed by atoms with E-state index in [9.17, 15) is 4.79 Å². The van der Waals surface area contributed by atoms with E-state index in [1.54, 1.807) is 24.3 Å².